The molecule has 0 unspecified atom stereocenters. The van der Waals surface area contributed by atoms with Gasteiger partial charge in [0, 0.05) is 28.7 Å². The number of sulfonamides is 1. The van der Waals surface area contributed by atoms with Crippen molar-refractivity contribution in [3.8, 4) is 0 Å². The standard InChI is InChI=1S/C18H18ClN3O3S/c19-14-4-3-5-15(10-14)26(24,25)22-12-18(23)20-9-8-13-11-21-17-7-2-1-6-16(13)17/h1-7,10-11,21-22H,8-9,12H2,(H,20,23). The van der Waals surface area contributed by atoms with Gasteiger partial charge < -0.3 is 10.3 Å². The summed E-state index contributed by atoms with van der Waals surface area (Å²) in [5, 5.41) is 4.15. The minimum Gasteiger partial charge on any atom is -0.361 e. The summed E-state index contributed by atoms with van der Waals surface area (Å²) in [6, 6.07) is 13.8. The number of aromatic amines is 1. The number of H-pyrrole nitrogens is 1. The Kier molecular flexibility index (Phi) is 5.61. The highest BCUT2D eigenvalue weighted by atomic mass is 35.5. The normalized spacial score (nSPS) is 11.6. The van der Waals surface area contributed by atoms with E-state index in [-0.39, 0.29) is 11.4 Å². The quantitative estimate of drug-likeness (QED) is 0.577. The molecular weight excluding hydrogens is 374 g/mol. The number of carbonyl (C=O) groups excluding carboxylic acids is 1. The van der Waals surface area contributed by atoms with E-state index in [0.717, 1.165) is 16.5 Å². The van der Waals surface area contributed by atoms with Gasteiger partial charge in [0.05, 0.1) is 11.4 Å². The van der Waals surface area contributed by atoms with Gasteiger partial charge in [-0.1, -0.05) is 35.9 Å². The molecule has 1 aromatic heterocycles. The summed E-state index contributed by atoms with van der Waals surface area (Å²) in [6.45, 7) is 0.0856. The van der Waals surface area contributed by atoms with E-state index in [0.29, 0.717) is 18.0 Å². The summed E-state index contributed by atoms with van der Waals surface area (Å²) in [7, 11) is -3.78. The fourth-order valence-corrected chi connectivity index (χ4v) is 3.90. The zero-order chi connectivity index (χ0) is 18.6. The number of aromatic nitrogens is 1. The van der Waals surface area contributed by atoms with Crippen LogP contribution in [0.4, 0.5) is 0 Å². The molecule has 2 aromatic carbocycles. The van der Waals surface area contributed by atoms with Crippen molar-refractivity contribution in [2.75, 3.05) is 13.1 Å². The highest BCUT2D eigenvalue weighted by Gasteiger charge is 2.15. The molecule has 26 heavy (non-hydrogen) atoms. The molecule has 0 aliphatic rings. The number of hydrogen-bond donors (Lipinski definition) is 3. The van der Waals surface area contributed by atoms with Crippen molar-refractivity contribution in [3.63, 3.8) is 0 Å². The Bertz CT molecular complexity index is 1030. The predicted molar refractivity (Wildman–Crippen MR) is 102 cm³/mol. The van der Waals surface area contributed by atoms with Crippen molar-refractivity contribution >= 4 is 38.4 Å². The van der Waals surface area contributed by atoms with Gasteiger partial charge in [-0.05, 0) is 36.2 Å². The predicted octanol–water partition coefficient (Wildman–Crippen LogP) is 2.46. The maximum absolute atomic E-state index is 12.1. The minimum absolute atomic E-state index is 0.0246. The van der Waals surface area contributed by atoms with E-state index in [2.05, 4.69) is 15.0 Å². The molecule has 6 nitrogen and oxygen atoms in total. The Morgan fingerprint density at radius 3 is 2.73 bits per heavy atom. The van der Waals surface area contributed by atoms with Gasteiger partial charge in [0.2, 0.25) is 15.9 Å². The molecule has 8 heteroatoms. The molecule has 0 aliphatic carbocycles. The van der Waals surface area contributed by atoms with Crippen LogP contribution in [0.1, 0.15) is 5.56 Å². The number of nitrogens with one attached hydrogen (secondary N) is 3. The number of para-hydroxylation sites is 1. The fraction of sp³-hybridized carbons (Fsp3) is 0.167. The summed E-state index contributed by atoms with van der Waals surface area (Å²) >= 11 is 5.80. The first-order chi connectivity index (χ1) is 12.5. The lowest BCUT2D eigenvalue weighted by atomic mass is 10.1. The van der Waals surface area contributed by atoms with E-state index in [1.54, 1.807) is 6.07 Å². The second-order valence-electron chi connectivity index (χ2n) is 5.74. The molecule has 1 heterocycles. The summed E-state index contributed by atoms with van der Waals surface area (Å²) in [5.41, 5.74) is 2.14. The van der Waals surface area contributed by atoms with Crippen molar-refractivity contribution in [1.29, 1.82) is 0 Å². The third kappa shape index (κ3) is 4.43. The van der Waals surface area contributed by atoms with E-state index >= 15 is 0 Å². The summed E-state index contributed by atoms with van der Waals surface area (Å²) in [4.78, 5) is 15.1. The molecular formula is C18H18ClN3O3S. The first-order valence-corrected chi connectivity index (χ1v) is 9.89. The molecule has 0 aliphatic heterocycles. The van der Waals surface area contributed by atoms with Crippen molar-refractivity contribution in [1.82, 2.24) is 15.0 Å². The lowest BCUT2D eigenvalue weighted by Crippen LogP contribution is -2.37. The summed E-state index contributed by atoms with van der Waals surface area (Å²) < 4.78 is 26.6. The first kappa shape index (κ1) is 18.4. The van der Waals surface area contributed by atoms with Crippen LogP contribution >= 0.6 is 11.6 Å². The molecule has 3 aromatic rings. The van der Waals surface area contributed by atoms with Gasteiger partial charge in [-0.25, -0.2) is 13.1 Å². The molecule has 0 bridgehead atoms. The van der Waals surface area contributed by atoms with Crippen molar-refractivity contribution < 1.29 is 13.2 Å². The monoisotopic (exact) mass is 391 g/mol. The van der Waals surface area contributed by atoms with E-state index < -0.39 is 15.9 Å². The lowest BCUT2D eigenvalue weighted by molar-refractivity contribution is -0.119. The van der Waals surface area contributed by atoms with Gasteiger partial charge in [-0.15, -0.1) is 0 Å². The van der Waals surface area contributed by atoms with Gasteiger partial charge in [-0.3, -0.25) is 4.79 Å². The van der Waals surface area contributed by atoms with Gasteiger partial charge in [-0.2, -0.15) is 0 Å². The Balaban J connectivity index is 1.50. The second kappa shape index (κ2) is 7.90. The Morgan fingerprint density at radius 2 is 1.92 bits per heavy atom. The molecule has 3 rings (SSSR count). The van der Waals surface area contributed by atoms with Gasteiger partial charge in [0.25, 0.3) is 0 Å². The van der Waals surface area contributed by atoms with Crippen LogP contribution in [0, 0.1) is 0 Å². The fourth-order valence-electron chi connectivity index (χ4n) is 2.62. The van der Waals surface area contributed by atoms with E-state index in [1.165, 1.54) is 18.2 Å². The average molecular weight is 392 g/mol. The molecule has 1 amide bonds. The number of rotatable bonds is 7. The second-order valence-corrected chi connectivity index (χ2v) is 7.94. The number of halogens is 1. The molecule has 3 N–H and O–H groups in total. The highest BCUT2D eigenvalue weighted by molar-refractivity contribution is 7.89. The van der Waals surface area contributed by atoms with E-state index in [4.69, 9.17) is 11.6 Å². The van der Waals surface area contributed by atoms with Crippen molar-refractivity contribution in [2.45, 2.75) is 11.3 Å². The smallest absolute Gasteiger partial charge is 0.241 e. The Labute approximate surface area is 156 Å². The molecule has 0 saturated carbocycles. The van der Waals surface area contributed by atoms with Crippen LogP contribution < -0.4 is 10.0 Å². The van der Waals surface area contributed by atoms with Crippen molar-refractivity contribution in [3.05, 3.63) is 65.3 Å². The SMILES string of the molecule is O=C(CNS(=O)(=O)c1cccc(Cl)c1)NCCc1c[nH]c2ccccc12. The zero-order valence-corrected chi connectivity index (χ0v) is 15.4. The number of fused-ring (bicyclic) bond motifs is 1. The van der Waals surface area contributed by atoms with Crippen LogP contribution in [0.5, 0.6) is 0 Å². The van der Waals surface area contributed by atoms with E-state index in [9.17, 15) is 13.2 Å². The number of hydrogen-bond acceptors (Lipinski definition) is 3. The van der Waals surface area contributed by atoms with Crippen LogP contribution in [0.15, 0.2) is 59.6 Å². The van der Waals surface area contributed by atoms with Crippen LogP contribution in [0.3, 0.4) is 0 Å². The number of carbonyl (C=O) groups is 1. The third-order valence-electron chi connectivity index (χ3n) is 3.92. The third-order valence-corrected chi connectivity index (χ3v) is 5.55. The zero-order valence-electron chi connectivity index (χ0n) is 13.8. The molecule has 136 valence electrons. The Hall–Kier alpha value is -2.35. The maximum Gasteiger partial charge on any atom is 0.241 e. The number of amides is 1. The topological polar surface area (TPSA) is 91.1 Å². The van der Waals surface area contributed by atoms with Gasteiger partial charge in [0.1, 0.15) is 0 Å². The molecule has 0 saturated heterocycles. The first-order valence-electron chi connectivity index (χ1n) is 8.02. The molecule has 0 fully saturated rings. The maximum atomic E-state index is 12.1. The molecule has 0 atom stereocenters. The molecule has 0 radical (unpaired) electrons. The lowest BCUT2D eigenvalue weighted by Gasteiger charge is -2.08. The average Bonchev–Trinajstić information content (AvgIpc) is 3.03. The highest BCUT2D eigenvalue weighted by Crippen LogP contribution is 2.17. The van der Waals surface area contributed by atoms with E-state index in [1.807, 2.05) is 30.5 Å². The van der Waals surface area contributed by atoms with Crippen LogP contribution in [-0.2, 0) is 21.2 Å². The van der Waals surface area contributed by atoms with Gasteiger partial charge in [0.15, 0.2) is 0 Å². The van der Waals surface area contributed by atoms with Crippen LogP contribution in [0.2, 0.25) is 5.02 Å². The largest absolute Gasteiger partial charge is 0.361 e. The summed E-state index contributed by atoms with van der Waals surface area (Å²) in [6.07, 6.45) is 2.56. The Morgan fingerprint density at radius 1 is 1.12 bits per heavy atom. The summed E-state index contributed by atoms with van der Waals surface area (Å²) in [5.74, 6) is -0.393. The van der Waals surface area contributed by atoms with Crippen LogP contribution in [-0.4, -0.2) is 32.4 Å². The van der Waals surface area contributed by atoms with Crippen molar-refractivity contribution in [2.24, 2.45) is 0 Å². The number of benzene rings is 2. The minimum atomic E-state index is -3.78. The van der Waals surface area contributed by atoms with Gasteiger partial charge >= 0.3 is 0 Å². The molecule has 0 spiro atoms. The van der Waals surface area contributed by atoms with Crippen LogP contribution in [0.25, 0.3) is 10.9 Å².